The number of hydrogen-bond acceptors (Lipinski definition) is 5. The van der Waals surface area contributed by atoms with Crippen molar-refractivity contribution in [2.45, 2.75) is 25.7 Å². The highest BCUT2D eigenvalue weighted by Gasteiger charge is 2.14. The molecule has 1 atom stereocenters. The zero-order valence-electron chi connectivity index (χ0n) is 13.8. The summed E-state index contributed by atoms with van der Waals surface area (Å²) in [6, 6.07) is 18.5. The number of ether oxygens (including phenoxy) is 2. The van der Waals surface area contributed by atoms with E-state index in [1.54, 1.807) is 0 Å². The fraction of sp³-hybridized carbons (Fsp3) is 0.263. The van der Waals surface area contributed by atoms with Crippen molar-refractivity contribution in [3.8, 4) is 0 Å². The standard InChI is InChI=1S/C19H21NO5/c21-17(11-18(22)24-13-15-7-3-1-4-8-15)12-20-19(23)25-14-16-9-5-2-6-10-16/h1-10,17,21H,11-14H2,(H,20,23). The molecule has 2 N–H and O–H groups in total. The number of carbonyl (C=O) groups excluding carboxylic acids is 2. The van der Waals surface area contributed by atoms with Gasteiger partial charge in [-0.2, -0.15) is 0 Å². The molecule has 0 bridgehead atoms. The average molecular weight is 343 g/mol. The highest BCUT2D eigenvalue weighted by molar-refractivity contribution is 5.70. The molecule has 1 unspecified atom stereocenters. The van der Waals surface area contributed by atoms with Gasteiger partial charge in [0.25, 0.3) is 0 Å². The van der Waals surface area contributed by atoms with Crippen LogP contribution in [0.4, 0.5) is 4.79 Å². The van der Waals surface area contributed by atoms with Gasteiger partial charge in [-0.25, -0.2) is 4.79 Å². The Morgan fingerprint density at radius 2 is 1.40 bits per heavy atom. The van der Waals surface area contributed by atoms with E-state index in [4.69, 9.17) is 9.47 Å². The Morgan fingerprint density at radius 1 is 0.880 bits per heavy atom. The highest BCUT2D eigenvalue weighted by atomic mass is 16.5. The van der Waals surface area contributed by atoms with Crippen molar-refractivity contribution in [3.63, 3.8) is 0 Å². The third-order valence-corrected chi connectivity index (χ3v) is 3.34. The lowest BCUT2D eigenvalue weighted by Gasteiger charge is -2.12. The zero-order chi connectivity index (χ0) is 17.9. The normalized spacial score (nSPS) is 11.4. The molecule has 1 amide bonds. The van der Waals surface area contributed by atoms with Crippen LogP contribution in [0.3, 0.4) is 0 Å². The van der Waals surface area contributed by atoms with Crippen molar-refractivity contribution in [1.82, 2.24) is 5.32 Å². The van der Waals surface area contributed by atoms with Gasteiger partial charge in [-0.15, -0.1) is 0 Å². The second-order valence-corrected chi connectivity index (χ2v) is 5.45. The quantitative estimate of drug-likeness (QED) is 0.719. The zero-order valence-corrected chi connectivity index (χ0v) is 13.8. The minimum Gasteiger partial charge on any atom is -0.461 e. The summed E-state index contributed by atoms with van der Waals surface area (Å²) >= 11 is 0. The van der Waals surface area contributed by atoms with E-state index < -0.39 is 18.2 Å². The van der Waals surface area contributed by atoms with Crippen LogP contribution in [0.5, 0.6) is 0 Å². The fourth-order valence-electron chi connectivity index (χ4n) is 2.04. The summed E-state index contributed by atoms with van der Waals surface area (Å²) in [7, 11) is 0. The largest absolute Gasteiger partial charge is 0.461 e. The van der Waals surface area contributed by atoms with Crippen molar-refractivity contribution >= 4 is 12.1 Å². The number of hydrogen-bond donors (Lipinski definition) is 2. The number of aliphatic hydroxyl groups is 1. The molecule has 0 radical (unpaired) electrons. The highest BCUT2D eigenvalue weighted by Crippen LogP contribution is 2.03. The Labute approximate surface area is 146 Å². The van der Waals surface area contributed by atoms with Crippen LogP contribution < -0.4 is 5.32 Å². The minimum absolute atomic E-state index is 0.0892. The van der Waals surface area contributed by atoms with Gasteiger partial charge in [-0.05, 0) is 11.1 Å². The number of amides is 1. The molecule has 0 aliphatic heterocycles. The van der Waals surface area contributed by atoms with Crippen LogP contribution in [0.15, 0.2) is 60.7 Å². The molecule has 0 saturated carbocycles. The lowest BCUT2D eigenvalue weighted by Crippen LogP contribution is -2.33. The van der Waals surface area contributed by atoms with Gasteiger partial charge in [0.05, 0.1) is 12.5 Å². The maximum Gasteiger partial charge on any atom is 0.407 e. The second kappa shape index (κ2) is 10.1. The molecule has 25 heavy (non-hydrogen) atoms. The number of nitrogens with one attached hydrogen (secondary N) is 1. The molecule has 6 heteroatoms. The molecule has 2 aromatic rings. The molecular formula is C19H21NO5. The number of alkyl carbamates (subject to hydrolysis) is 1. The van der Waals surface area contributed by atoms with Gasteiger partial charge in [-0.1, -0.05) is 60.7 Å². The lowest BCUT2D eigenvalue weighted by molar-refractivity contribution is -0.147. The molecule has 0 saturated heterocycles. The smallest absolute Gasteiger partial charge is 0.407 e. The monoisotopic (exact) mass is 343 g/mol. The second-order valence-electron chi connectivity index (χ2n) is 5.45. The molecule has 0 spiro atoms. The van der Waals surface area contributed by atoms with E-state index in [9.17, 15) is 14.7 Å². The summed E-state index contributed by atoms with van der Waals surface area (Å²) in [4.78, 5) is 23.2. The maximum atomic E-state index is 11.7. The number of esters is 1. The summed E-state index contributed by atoms with van der Waals surface area (Å²) in [5.41, 5.74) is 1.73. The summed E-state index contributed by atoms with van der Waals surface area (Å²) < 4.78 is 10.1. The summed E-state index contributed by atoms with van der Waals surface area (Å²) in [5, 5.41) is 12.2. The van der Waals surface area contributed by atoms with Crippen molar-refractivity contribution in [2.24, 2.45) is 0 Å². The maximum absolute atomic E-state index is 11.7. The fourth-order valence-corrected chi connectivity index (χ4v) is 2.04. The minimum atomic E-state index is -1.03. The van der Waals surface area contributed by atoms with Gasteiger partial charge < -0.3 is 19.9 Å². The van der Waals surface area contributed by atoms with Crippen LogP contribution >= 0.6 is 0 Å². The van der Waals surface area contributed by atoms with E-state index in [2.05, 4.69) is 5.32 Å². The summed E-state index contributed by atoms with van der Waals surface area (Å²) in [6.07, 6.45) is -1.89. The third kappa shape index (κ3) is 7.50. The van der Waals surface area contributed by atoms with Crippen LogP contribution in [0.25, 0.3) is 0 Å². The lowest BCUT2D eigenvalue weighted by atomic mass is 10.2. The number of carbonyl (C=O) groups is 2. The number of benzene rings is 2. The van der Waals surface area contributed by atoms with E-state index in [0.717, 1.165) is 11.1 Å². The summed E-state index contributed by atoms with van der Waals surface area (Å²) in [6.45, 7) is 0.203. The molecule has 0 aliphatic rings. The average Bonchev–Trinajstić information content (AvgIpc) is 2.65. The van der Waals surface area contributed by atoms with Crippen molar-refractivity contribution in [1.29, 1.82) is 0 Å². The predicted octanol–water partition coefficient (Wildman–Crippen LogP) is 2.41. The van der Waals surface area contributed by atoms with E-state index in [1.807, 2.05) is 60.7 Å². The Morgan fingerprint density at radius 3 is 1.96 bits per heavy atom. The van der Waals surface area contributed by atoms with Crippen molar-refractivity contribution in [2.75, 3.05) is 6.54 Å². The first-order valence-electron chi connectivity index (χ1n) is 7.95. The Bertz CT molecular complexity index is 660. The molecule has 0 aliphatic carbocycles. The molecule has 6 nitrogen and oxygen atoms in total. The van der Waals surface area contributed by atoms with Gasteiger partial charge in [0.1, 0.15) is 13.2 Å². The first kappa shape index (κ1) is 18.5. The van der Waals surface area contributed by atoms with Gasteiger partial charge in [0.2, 0.25) is 0 Å². The molecule has 2 aromatic carbocycles. The van der Waals surface area contributed by atoms with E-state index in [0.29, 0.717) is 0 Å². The van der Waals surface area contributed by atoms with Crippen LogP contribution in [-0.2, 0) is 27.5 Å². The topological polar surface area (TPSA) is 84.9 Å². The molecule has 132 valence electrons. The van der Waals surface area contributed by atoms with Gasteiger partial charge >= 0.3 is 12.1 Å². The molecule has 0 aromatic heterocycles. The summed E-state index contributed by atoms with van der Waals surface area (Å²) in [5.74, 6) is -0.532. The van der Waals surface area contributed by atoms with Gasteiger partial charge in [-0.3, -0.25) is 4.79 Å². The Balaban J connectivity index is 1.60. The Hall–Kier alpha value is -2.86. The molecule has 0 heterocycles. The van der Waals surface area contributed by atoms with Gasteiger partial charge in [0, 0.05) is 6.54 Å². The predicted molar refractivity (Wildman–Crippen MR) is 91.5 cm³/mol. The van der Waals surface area contributed by atoms with Crippen molar-refractivity contribution < 1.29 is 24.2 Å². The SMILES string of the molecule is O=C(CC(O)CNC(=O)OCc1ccccc1)OCc1ccccc1. The van der Waals surface area contributed by atoms with Crippen LogP contribution in [0.2, 0.25) is 0 Å². The number of rotatable bonds is 8. The number of aliphatic hydroxyl groups excluding tert-OH is 1. The van der Waals surface area contributed by atoms with E-state index in [-0.39, 0.29) is 26.2 Å². The van der Waals surface area contributed by atoms with E-state index >= 15 is 0 Å². The molecular weight excluding hydrogens is 322 g/mol. The van der Waals surface area contributed by atoms with Crippen LogP contribution in [-0.4, -0.2) is 29.8 Å². The first-order chi connectivity index (χ1) is 12.1. The Kier molecular flexibility index (Phi) is 7.46. The van der Waals surface area contributed by atoms with Crippen LogP contribution in [0.1, 0.15) is 17.5 Å². The van der Waals surface area contributed by atoms with Crippen LogP contribution in [0, 0.1) is 0 Å². The first-order valence-corrected chi connectivity index (χ1v) is 7.95. The van der Waals surface area contributed by atoms with Gasteiger partial charge in [0.15, 0.2) is 0 Å². The molecule has 2 rings (SSSR count). The van der Waals surface area contributed by atoms with Crippen molar-refractivity contribution in [3.05, 3.63) is 71.8 Å². The van der Waals surface area contributed by atoms with E-state index in [1.165, 1.54) is 0 Å². The molecule has 0 fully saturated rings. The third-order valence-electron chi connectivity index (χ3n) is 3.34.